The van der Waals surface area contributed by atoms with Crippen LogP contribution in [-0.2, 0) is 16.8 Å². The number of carbonyl (C=O) groups excluding carboxylic acids is 2. The Hall–Kier alpha value is -3.65. The lowest BCUT2D eigenvalue weighted by Crippen LogP contribution is -2.38. The minimum absolute atomic E-state index is 0.0293. The SMILES string of the molecule is NC(=O)OCC1(c2ccccc2)Cc2c(cc(F)c(Cl)c2-c2c(F)cccc2C(N)=O)O1. The van der Waals surface area contributed by atoms with Gasteiger partial charge in [0, 0.05) is 34.7 Å². The summed E-state index contributed by atoms with van der Waals surface area (Å²) in [6.45, 7) is -0.292. The number of hydrogen-bond donors (Lipinski definition) is 2. The molecule has 0 saturated heterocycles. The largest absolute Gasteiger partial charge is 0.478 e. The summed E-state index contributed by atoms with van der Waals surface area (Å²) in [5.74, 6) is -2.52. The third kappa shape index (κ3) is 3.62. The molecule has 1 heterocycles. The van der Waals surface area contributed by atoms with Gasteiger partial charge >= 0.3 is 6.09 Å². The molecule has 1 aliphatic heterocycles. The Morgan fingerprint density at radius 3 is 2.41 bits per heavy atom. The number of fused-ring (bicyclic) bond motifs is 1. The van der Waals surface area contributed by atoms with E-state index in [-0.39, 0.29) is 40.5 Å². The zero-order valence-electron chi connectivity index (χ0n) is 16.5. The van der Waals surface area contributed by atoms with E-state index in [2.05, 4.69) is 0 Å². The number of amides is 2. The Labute approximate surface area is 186 Å². The number of benzene rings is 3. The van der Waals surface area contributed by atoms with E-state index in [0.29, 0.717) is 11.1 Å². The first kappa shape index (κ1) is 21.6. The molecule has 1 unspecified atom stereocenters. The first-order valence-electron chi connectivity index (χ1n) is 9.50. The van der Waals surface area contributed by atoms with Crippen LogP contribution in [0.1, 0.15) is 21.5 Å². The maximum atomic E-state index is 14.9. The summed E-state index contributed by atoms with van der Waals surface area (Å²) in [5, 5.41) is -0.389. The van der Waals surface area contributed by atoms with Gasteiger partial charge in [-0.15, -0.1) is 0 Å². The lowest BCUT2D eigenvalue weighted by atomic mass is 9.86. The van der Waals surface area contributed by atoms with Crippen LogP contribution >= 0.6 is 11.6 Å². The zero-order chi connectivity index (χ0) is 23.0. The summed E-state index contributed by atoms with van der Waals surface area (Å²) in [4.78, 5) is 23.3. The second-order valence-corrected chi connectivity index (χ2v) is 7.68. The van der Waals surface area contributed by atoms with Crippen molar-refractivity contribution in [3.05, 3.63) is 87.9 Å². The van der Waals surface area contributed by atoms with Gasteiger partial charge in [0.15, 0.2) is 5.60 Å². The van der Waals surface area contributed by atoms with Crippen molar-refractivity contribution >= 4 is 23.6 Å². The van der Waals surface area contributed by atoms with Crippen molar-refractivity contribution in [1.29, 1.82) is 0 Å². The fraction of sp³-hybridized carbons (Fsp3) is 0.130. The number of primary amides is 2. The first-order valence-corrected chi connectivity index (χ1v) is 9.87. The second kappa shape index (κ2) is 8.12. The van der Waals surface area contributed by atoms with Crippen molar-refractivity contribution in [1.82, 2.24) is 0 Å². The zero-order valence-corrected chi connectivity index (χ0v) is 17.3. The molecule has 3 aromatic rings. The molecule has 4 N–H and O–H groups in total. The molecule has 0 fully saturated rings. The Balaban J connectivity index is 1.95. The van der Waals surface area contributed by atoms with Crippen LogP contribution in [0.2, 0.25) is 5.02 Å². The predicted molar refractivity (Wildman–Crippen MR) is 113 cm³/mol. The van der Waals surface area contributed by atoms with E-state index in [1.807, 2.05) is 0 Å². The Morgan fingerprint density at radius 1 is 1.03 bits per heavy atom. The van der Waals surface area contributed by atoms with Gasteiger partial charge in [0.2, 0.25) is 5.91 Å². The summed E-state index contributed by atoms with van der Waals surface area (Å²) in [6.07, 6.45) is -0.990. The molecule has 0 aliphatic carbocycles. The Bertz CT molecular complexity index is 1240. The molecule has 1 atom stereocenters. The molecule has 0 saturated carbocycles. The summed E-state index contributed by atoms with van der Waals surface area (Å²) < 4.78 is 40.9. The fourth-order valence-electron chi connectivity index (χ4n) is 3.94. The van der Waals surface area contributed by atoms with E-state index >= 15 is 0 Å². The van der Waals surface area contributed by atoms with Gasteiger partial charge in [-0.2, -0.15) is 0 Å². The standard InChI is InChI=1S/C23H17ClF2N2O4/c24-20-16(26)9-17-14(19(20)18-13(21(27)29)7-4-8-15(18)25)10-23(32-17,11-31-22(28)30)12-5-2-1-3-6-12/h1-9H,10-11H2,(H2,27,29)(H2,28,30). The monoisotopic (exact) mass is 458 g/mol. The number of halogens is 3. The van der Waals surface area contributed by atoms with Gasteiger partial charge in [-0.25, -0.2) is 13.6 Å². The summed E-state index contributed by atoms with van der Waals surface area (Å²) in [5.41, 5.74) is 9.82. The predicted octanol–water partition coefficient (Wildman–Crippen LogP) is 4.31. The van der Waals surface area contributed by atoms with Gasteiger partial charge in [-0.1, -0.05) is 48.0 Å². The molecule has 0 spiro atoms. The van der Waals surface area contributed by atoms with Crippen molar-refractivity contribution in [3.63, 3.8) is 0 Å². The van der Waals surface area contributed by atoms with E-state index < -0.39 is 29.2 Å². The quantitative estimate of drug-likeness (QED) is 0.594. The highest BCUT2D eigenvalue weighted by molar-refractivity contribution is 6.34. The lowest BCUT2D eigenvalue weighted by molar-refractivity contribution is 0.0146. The van der Waals surface area contributed by atoms with Crippen molar-refractivity contribution in [2.24, 2.45) is 11.5 Å². The topological polar surface area (TPSA) is 105 Å². The van der Waals surface area contributed by atoms with Gasteiger partial charge in [0.1, 0.15) is 24.0 Å². The van der Waals surface area contributed by atoms with E-state index in [1.165, 1.54) is 12.1 Å². The molecular weight excluding hydrogens is 442 g/mol. The molecule has 4 rings (SSSR count). The van der Waals surface area contributed by atoms with Crippen LogP contribution < -0.4 is 16.2 Å². The number of ether oxygens (including phenoxy) is 2. The third-order valence-corrected chi connectivity index (χ3v) is 5.70. The molecule has 0 bridgehead atoms. The minimum Gasteiger partial charge on any atom is -0.478 e. The minimum atomic E-state index is -1.28. The van der Waals surface area contributed by atoms with Crippen LogP contribution in [-0.4, -0.2) is 18.6 Å². The van der Waals surface area contributed by atoms with E-state index in [0.717, 1.165) is 12.1 Å². The van der Waals surface area contributed by atoms with E-state index in [9.17, 15) is 18.4 Å². The van der Waals surface area contributed by atoms with Crippen molar-refractivity contribution in [2.75, 3.05) is 6.61 Å². The number of rotatable bonds is 5. The van der Waals surface area contributed by atoms with Gasteiger partial charge < -0.3 is 20.9 Å². The molecule has 0 radical (unpaired) electrons. The second-order valence-electron chi connectivity index (χ2n) is 7.30. The molecule has 164 valence electrons. The summed E-state index contributed by atoms with van der Waals surface area (Å²) >= 11 is 6.27. The average Bonchev–Trinajstić information content (AvgIpc) is 3.13. The molecule has 6 nitrogen and oxygen atoms in total. The van der Waals surface area contributed by atoms with Gasteiger partial charge in [0.25, 0.3) is 0 Å². The number of nitrogens with two attached hydrogens (primary N) is 2. The molecule has 2 amide bonds. The average molecular weight is 459 g/mol. The highest BCUT2D eigenvalue weighted by Gasteiger charge is 2.45. The summed E-state index contributed by atoms with van der Waals surface area (Å²) in [6, 6.07) is 13.6. The van der Waals surface area contributed by atoms with Gasteiger partial charge in [0.05, 0.1) is 5.02 Å². The fourth-order valence-corrected chi connectivity index (χ4v) is 4.20. The Morgan fingerprint density at radius 2 is 1.75 bits per heavy atom. The van der Waals surface area contributed by atoms with E-state index in [4.69, 9.17) is 32.5 Å². The Kier molecular flexibility index (Phi) is 5.48. The van der Waals surface area contributed by atoms with Crippen molar-refractivity contribution in [3.8, 4) is 16.9 Å². The highest BCUT2D eigenvalue weighted by atomic mass is 35.5. The first-order chi connectivity index (χ1) is 15.2. The normalized spacial score (nSPS) is 16.8. The lowest BCUT2D eigenvalue weighted by Gasteiger charge is -2.28. The number of hydrogen-bond acceptors (Lipinski definition) is 4. The van der Waals surface area contributed by atoms with Crippen LogP contribution in [0, 0.1) is 11.6 Å². The van der Waals surface area contributed by atoms with Crippen LogP contribution in [0.15, 0.2) is 54.6 Å². The van der Waals surface area contributed by atoms with Crippen LogP contribution in [0.4, 0.5) is 13.6 Å². The number of carbonyl (C=O) groups is 2. The maximum absolute atomic E-state index is 14.9. The van der Waals surface area contributed by atoms with Crippen LogP contribution in [0.3, 0.4) is 0 Å². The van der Waals surface area contributed by atoms with Crippen molar-refractivity contribution in [2.45, 2.75) is 12.0 Å². The molecular formula is C23H17ClF2N2O4. The smallest absolute Gasteiger partial charge is 0.404 e. The van der Waals surface area contributed by atoms with Crippen LogP contribution in [0.25, 0.3) is 11.1 Å². The van der Waals surface area contributed by atoms with Crippen molar-refractivity contribution < 1.29 is 27.8 Å². The molecule has 3 aromatic carbocycles. The molecule has 32 heavy (non-hydrogen) atoms. The van der Waals surface area contributed by atoms with Gasteiger partial charge in [-0.3, -0.25) is 4.79 Å². The summed E-state index contributed by atoms with van der Waals surface area (Å²) in [7, 11) is 0. The third-order valence-electron chi connectivity index (χ3n) is 5.33. The van der Waals surface area contributed by atoms with Gasteiger partial charge in [-0.05, 0) is 17.7 Å². The molecule has 0 aromatic heterocycles. The molecule has 9 heteroatoms. The van der Waals surface area contributed by atoms with Crippen LogP contribution in [0.5, 0.6) is 5.75 Å². The molecule has 1 aliphatic rings. The highest BCUT2D eigenvalue weighted by Crippen LogP contribution is 2.50. The van der Waals surface area contributed by atoms with E-state index in [1.54, 1.807) is 30.3 Å². The maximum Gasteiger partial charge on any atom is 0.404 e.